The van der Waals surface area contributed by atoms with E-state index in [1.165, 1.54) is 18.5 Å². The molecule has 2 heterocycles. The van der Waals surface area contributed by atoms with Gasteiger partial charge in [-0.2, -0.15) is 5.26 Å². The Morgan fingerprint density at radius 3 is 2.75 bits per heavy atom. The number of hydrogen-bond acceptors (Lipinski definition) is 3. The maximum atomic E-state index is 8.73. The second kappa shape index (κ2) is 3.89. The monoisotopic (exact) mass is 213 g/mol. The summed E-state index contributed by atoms with van der Waals surface area (Å²) in [5.74, 6) is 0. The average Bonchev–Trinajstić information content (AvgIpc) is 2.92. The smallest absolute Gasteiger partial charge is 0.0991 e. The van der Waals surface area contributed by atoms with Gasteiger partial charge in [0.2, 0.25) is 0 Å². The lowest BCUT2D eigenvalue weighted by Crippen LogP contribution is -2.42. The minimum atomic E-state index is 0.711. The summed E-state index contributed by atoms with van der Waals surface area (Å²) in [6.45, 7) is 3.33. The topological polar surface area (TPSA) is 39.1 Å². The molecule has 3 rings (SSSR count). The Morgan fingerprint density at radius 2 is 2.19 bits per heavy atom. The summed E-state index contributed by atoms with van der Waals surface area (Å²) in [5.41, 5.74) is 2.06. The number of piperazine rings is 1. The van der Waals surface area contributed by atoms with E-state index in [1.54, 1.807) is 0 Å². The van der Waals surface area contributed by atoms with Gasteiger partial charge in [0.25, 0.3) is 0 Å². The summed E-state index contributed by atoms with van der Waals surface area (Å²) in [7, 11) is 0. The molecule has 82 valence electrons. The van der Waals surface area contributed by atoms with Crippen LogP contribution in [0.1, 0.15) is 17.5 Å². The van der Waals surface area contributed by atoms with Gasteiger partial charge >= 0.3 is 0 Å². The molecule has 1 N–H and O–H groups in total. The number of nitriles is 1. The number of hydrogen-bond donors (Lipinski definition) is 1. The van der Waals surface area contributed by atoms with Gasteiger partial charge in [-0.3, -0.25) is 4.90 Å². The molecule has 0 unspecified atom stereocenters. The van der Waals surface area contributed by atoms with Gasteiger partial charge in [0, 0.05) is 31.7 Å². The van der Waals surface area contributed by atoms with E-state index in [-0.39, 0.29) is 0 Å². The molecule has 0 aliphatic carbocycles. The molecule has 3 nitrogen and oxygen atoms in total. The van der Waals surface area contributed by atoms with Crippen molar-refractivity contribution in [3.63, 3.8) is 0 Å². The highest BCUT2D eigenvalue weighted by Gasteiger charge is 2.37. The van der Waals surface area contributed by atoms with Crippen molar-refractivity contribution in [3.05, 3.63) is 35.4 Å². The zero-order chi connectivity index (χ0) is 11.0. The molecular formula is C13H15N3. The normalized spacial score (nSPS) is 28.2. The molecule has 0 amide bonds. The van der Waals surface area contributed by atoms with Crippen LogP contribution in [0.15, 0.2) is 24.3 Å². The summed E-state index contributed by atoms with van der Waals surface area (Å²) in [6, 6.07) is 11.5. The van der Waals surface area contributed by atoms with Crippen LogP contribution in [0.5, 0.6) is 0 Å². The predicted octanol–water partition coefficient (Wildman–Crippen LogP) is 1.10. The molecule has 2 saturated heterocycles. The second-order valence-electron chi connectivity index (χ2n) is 4.73. The molecule has 1 aromatic carbocycles. The third kappa shape index (κ3) is 1.71. The van der Waals surface area contributed by atoms with Crippen LogP contribution < -0.4 is 5.32 Å². The van der Waals surface area contributed by atoms with Gasteiger partial charge in [-0.25, -0.2) is 0 Å². The first kappa shape index (κ1) is 9.83. The summed E-state index contributed by atoms with van der Waals surface area (Å²) < 4.78 is 0. The number of nitrogens with one attached hydrogen (secondary N) is 1. The zero-order valence-corrected chi connectivity index (χ0v) is 9.19. The molecule has 0 spiro atoms. The molecule has 2 atom stereocenters. The fourth-order valence-corrected chi connectivity index (χ4v) is 2.76. The van der Waals surface area contributed by atoms with Crippen molar-refractivity contribution in [3.8, 4) is 6.07 Å². The summed E-state index contributed by atoms with van der Waals surface area (Å²) >= 11 is 0. The van der Waals surface area contributed by atoms with Crippen LogP contribution in [-0.2, 0) is 6.54 Å². The van der Waals surface area contributed by atoms with Crippen LogP contribution in [0, 0.1) is 11.3 Å². The summed E-state index contributed by atoms with van der Waals surface area (Å²) in [5, 5.41) is 12.2. The molecule has 2 aliphatic rings. The minimum Gasteiger partial charge on any atom is -0.311 e. The summed E-state index contributed by atoms with van der Waals surface area (Å²) in [4.78, 5) is 2.54. The van der Waals surface area contributed by atoms with E-state index in [0.717, 1.165) is 24.7 Å². The molecule has 0 radical (unpaired) electrons. The van der Waals surface area contributed by atoms with E-state index < -0.39 is 0 Å². The third-order valence-electron chi connectivity index (χ3n) is 3.64. The van der Waals surface area contributed by atoms with Gasteiger partial charge in [-0.15, -0.1) is 0 Å². The number of nitrogens with zero attached hydrogens (tertiary/aromatic N) is 2. The van der Waals surface area contributed by atoms with Crippen LogP contribution in [0.2, 0.25) is 0 Å². The SMILES string of the molecule is N#Cc1ccc(CN2C[C@H]3C[C@@H]2CN3)cc1. The van der Waals surface area contributed by atoms with Crippen molar-refractivity contribution in [2.24, 2.45) is 0 Å². The summed E-state index contributed by atoms with van der Waals surface area (Å²) in [6.07, 6.45) is 1.30. The van der Waals surface area contributed by atoms with Crippen LogP contribution in [0.3, 0.4) is 0 Å². The van der Waals surface area contributed by atoms with Gasteiger partial charge in [-0.05, 0) is 24.1 Å². The number of rotatable bonds is 2. The Balaban J connectivity index is 1.68. The number of likely N-dealkylation sites (tertiary alicyclic amines) is 1. The highest BCUT2D eigenvalue weighted by molar-refractivity contribution is 5.31. The van der Waals surface area contributed by atoms with Gasteiger partial charge in [-0.1, -0.05) is 12.1 Å². The average molecular weight is 213 g/mol. The molecule has 0 aromatic heterocycles. The van der Waals surface area contributed by atoms with Crippen molar-refractivity contribution in [1.29, 1.82) is 5.26 Å². The van der Waals surface area contributed by atoms with Gasteiger partial charge in [0.15, 0.2) is 0 Å². The Morgan fingerprint density at radius 1 is 1.38 bits per heavy atom. The Labute approximate surface area is 95.7 Å². The van der Waals surface area contributed by atoms with E-state index in [1.807, 2.05) is 12.1 Å². The Hall–Kier alpha value is -1.37. The lowest BCUT2D eigenvalue weighted by atomic mass is 10.1. The fourth-order valence-electron chi connectivity index (χ4n) is 2.76. The third-order valence-corrected chi connectivity index (χ3v) is 3.64. The highest BCUT2D eigenvalue weighted by atomic mass is 15.3. The van der Waals surface area contributed by atoms with Gasteiger partial charge in [0.1, 0.15) is 0 Å². The van der Waals surface area contributed by atoms with Crippen LogP contribution >= 0.6 is 0 Å². The van der Waals surface area contributed by atoms with Crippen LogP contribution in [0.4, 0.5) is 0 Å². The molecule has 2 fully saturated rings. The Bertz CT molecular complexity index is 418. The molecule has 1 aromatic rings. The minimum absolute atomic E-state index is 0.711. The van der Waals surface area contributed by atoms with Crippen molar-refractivity contribution in [2.75, 3.05) is 13.1 Å². The van der Waals surface area contributed by atoms with E-state index in [4.69, 9.17) is 5.26 Å². The molecule has 16 heavy (non-hydrogen) atoms. The lowest BCUT2D eigenvalue weighted by Gasteiger charge is -2.27. The van der Waals surface area contributed by atoms with Crippen LogP contribution in [-0.4, -0.2) is 30.1 Å². The molecule has 3 heteroatoms. The second-order valence-corrected chi connectivity index (χ2v) is 4.73. The molecule has 0 saturated carbocycles. The number of fused-ring (bicyclic) bond motifs is 2. The predicted molar refractivity (Wildman–Crippen MR) is 61.8 cm³/mol. The zero-order valence-electron chi connectivity index (χ0n) is 9.19. The van der Waals surface area contributed by atoms with Crippen molar-refractivity contribution in [2.45, 2.75) is 25.0 Å². The maximum absolute atomic E-state index is 8.73. The van der Waals surface area contributed by atoms with E-state index in [9.17, 15) is 0 Å². The largest absolute Gasteiger partial charge is 0.311 e. The fraction of sp³-hybridized carbons (Fsp3) is 0.462. The molecular weight excluding hydrogens is 198 g/mol. The maximum Gasteiger partial charge on any atom is 0.0991 e. The number of benzene rings is 1. The van der Waals surface area contributed by atoms with Crippen molar-refractivity contribution in [1.82, 2.24) is 10.2 Å². The molecule has 2 aliphatic heterocycles. The van der Waals surface area contributed by atoms with E-state index in [2.05, 4.69) is 28.4 Å². The van der Waals surface area contributed by atoms with Crippen molar-refractivity contribution >= 4 is 0 Å². The van der Waals surface area contributed by atoms with Gasteiger partial charge in [0.05, 0.1) is 11.6 Å². The van der Waals surface area contributed by atoms with Crippen molar-refractivity contribution < 1.29 is 0 Å². The molecule has 2 bridgehead atoms. The lowest BCUT2D eigenvalue weighted by molar-refractivity contribution is 0.218. The van der Waals surface area contributed by atoms with Crippen LogP contribution in [0.25, 0.3) is 0 Å². The first-order valence-corrected chi connectivity index (χ1v) is 5.81. The first-order chi connectivity index (χ1) is 7.85. The first-order valence-electron chi connectivity index (χ1n) is 5.81. The standard InChI is InChI=1S/C13H15N3/c14-6-10-1-3-11(4-2-10)8-16-9-12-5-13(16)7-15-12/h1-4,12-13,15H,5,7-9H2/t12-,13-/m1/s1. The quantitative estimate of drug-likeness (QED) is 0.799. The van der Waals surface area contributed by atoms with E-state index >= 15 is 0 Å². The van der Waals surface area contributed by atoms with Gasteiger partial charge < -0.3 is 5.32 Å². The van der Waals surface area contributed by atoms with E-state index in [0.29, 0.717) is 6.04 Å². The Kier molecular flexibility index (Phi) is 2.39. The highest BCUT2D eigenvalue weighted by Crippen LogP contribution is 2.24.